The van der Waals surface area contributed by atoms with Crippen molar-refractivity contribution < 1.29 is 22.8 Å². The number of hydrogen-bond donors (Lipinski definition) is 1. The van der Waals surface area contributed by atoms with E-state index in [4.69, 9.17) is 11.6 Å². The predicted octanol–water partition coefficient (Wildman–Crippen LogP) is 2.81. The first kappa shape index (κ1) is 18.3. The number of alkyl halides is 3. The summed E-state index contributed by atoms with van der Waals surface area (Å²) < 4.78 is 38.2. The highest BCUT2D eigenvalue weighted by Crippen LogP contribution is 2.32. The number of amides is 2. The summed E-state index contributed by atoms with van der Waals surface area (Å²) in [4.78, 5) is 24.8. The van der Waals surface area contributed by atoms with E-state index in [1.807, 2.05) is 0 Å². The summed E-state index contributed by atoms with van der Waals surface area (Å²) in [5.74, 6) is -1.38. The molecule has 22 heavy (non-hydrogen) atoms. The minimum Gasteiger partial charge on any atom is -0.359 e. The van der Waals surface area contributed by atoms with Gasteiger partial charge >= 0.3 is 6.18 Å². The lowest BCUT2D eigenvalue weighted by atomic mass is 10.1. The third kappa shape index (κ3) is 4.62. The number of nitrogens with zero attached hydrogens (tertiary/aromatic N) is 1. The molecule has 0 bridgehead atoms. The fourth-order valence-electron chi connectivity index (χ4n) is 1.92. The van der Waals surface area contributed by atoms with Crippen LogP contribution in [0.1, 0.15) is 22.8 Å². The second-order valence-electron chi connectivity index (χ2n) is 4.93. The quantitative estimate of drug-likeness (QED) is 0.919. The van der Waals surface area contributed by atoms with Crippen molar-refractivity contribution in [2.75, 3.05) is 20.6 Å². The molecule has 1 N–H and O–H groups in total. The van der Waals surface area contributed by atoms with Crippen LogP contribution in [-0.4, -0.2) is 37.4 Å². The van der Waals surface area contributed by atoms with Gasteiger partial charge in [0.05, 0.1) is 11.5 Å². The molecule has 0 aromatic heterocycles. The van der Waals surface area contributed by atoms with E-state index in [9.17, 15) is 22.8 Å². The molecule has 1 atom stereocenters. The summed E-state index contributed by atoms with van der Waals surface area (Å²) in [5, 5.41) is 2.27. The Hall–Kier alpha value is -1.76. The van der Waals surface area contributed by atoms with Gasteiger partial charge in [0.1, 0.15) is 0 Å². The normalized spacial score (nSPS) is 12.7. The molecule has 8 heteroatoms. The number of benzene rings is 1. The first-order valence-corrected chi connectivity index (χ1v) is 6.79. The van der Waals surface area contributed by atoms with Gasteiger partial charge in [-0.2, -0.15) is 13.2 Å². The second-order valence-corrected chi connectivity index (χ2v) is 5.36. The van der Waals surface area contributed by atoms with Crippen LogP contribution in [0.25, 0.3) is 0 Å². The van der Waals surface area contributed by atoms with Gasteiger partial charge < -0.3 is 10.2 Å². The minimum absolute atomic E-state index is 0.0758. The Morgan fingerprint density at radius 3 is 2.41 bits per heavy atom. The summed E-state index contributed by atoms with van der Waals surface area (Å²) in [7, 11) is 2.88. The van der Waals surface area contributed by atoms with Gasteiger partial charge in [0.25, 0.3) is 5.91 Å². The Kier molecular flexibility index (Phi) is 5.82. The summed E-state index contributed by atoms with van der Waals surface area (Å²) in [5.41, 5.74) is -1.16. The molecule has 0 spiro atoms. The van der Waals surface area contributed by atoms with Crippen LogP contribution in [-0.2, 0) is 11.0 Å². The largest absolute Gasteiger partial charge is 0.416 e. The van der Waals surface area contributed by atoms with Gasteiger partial charge in [-0.25, -0.2) is 0 Å². The number of rotatable bonds is 4. The molecule has 4 nitrogen and oxygen atoms in total. The SMILES string of the molecule is CNC(=O)[C@H](C)CN(C)C(=O)c1cc(Cl)cc(C(F)(F)F)c1. The molecular formula is C14H16ClF3N2O2. The van der Waals surface area contributed by atoms with Crippen LogP contribution in [0.4, 0.5) is 13.2 Å². The Morgan fingerprint density at radius 1 is 1.32 bits per heavy atom. The summed E-state index contributed by atoms with van der Waals surface area (Å²) in [6, 6.07) is 2.67. The van der Waals surface area contributed by atoms with E-state index in [-0.39, 0.29) is 23.0 Å². The molecule has 1 aromatic carbocycles. The highest BCUT2D eigenvalue weighted by molar-refractivity contribution is 6.31. The van der Waals surface area contributed by atoms with Crippen molar-refractivity contribution in [3.63, 3.8) is 0 Å². The predicted molar refractivity (Wildman–Crippen MR) is 76.6 cm³/mol. The maximum absolute atomic E-state index is 12.7. The highest BCUT2D eigenvalue weighted by atomic mass is 35.5. The lowest BCUT2D eigenvalue weighted by Gasteiger charge is -2.21. The first-order valence-electron chi connectivity index (χ1n) is 6.41. The van der Waals surface area contributed by atoms with E-state index < -0.39 is 23.6 Å². The molecule has 0 aliphatic rings. The summed E-state index contributed by atoms with van der Waals surface area (Å²) in [6.45, 7) is 1.69. The van der Waals surface area contributed by atoms with Crippen molar-refractivity contribution >= 4 is 23.4 Å². The molecule has 122 valence electrons. The van der Waals surface area contributed by atoms with Crippen LogP contribution < -0.4 is 5.32 Å². The van der Waals surface area contributed by atoms with Gasteiger partial charge in [0.15, 0.2) is 0 Å². The van der Waals surface area contributed by atoms with Crippen molar-refractivity contribution in [3.05, 3.63) is 34.3 Å². The number of nitrogens with one attached hydrogen (secondary N) is 1. The maximum Gasteiger partial charge on any atom is 0.416 e. The van der Waals surface area contributed by atoms with Gasteiger partial charge in [-0.1, -0.05) is 18.5 Å². The molecule has 0 radical (unpaired) electrons. The Bertz CT molecular complexity index is 576. The molecule has 0 heterocycles. The number of halogens is 4. The smallest absolute Gasteiger partial charge is 0.359 e. The van der Waals surface area contributed by atoms with E-state index in [0.717, 1.165) is 12.1 Å². The van der Waals surface area contributed by atoms with Gasteiger partial charge in [-0.15, -0.1) is 0 Å². The summed E-state index contributed by atoms with van der Waals surface area (Å²) >= 11 is 5.65. The fourth-order valence-corrected chi connectivity index (χ4v) is 2.16. The molecule has 0 aliphatic heterocycles. The van der Waals surface area contributed by atoms with Crippen LogP contribution in [0.3, 0.4) is 0 Å². The fraction of sp³-hybridized carbons (Fsp3) is 0.429. The molecule has 2 amide bonds. The van der Waals surface area contributed by atoms with Crippen LogP contribution in [0, 0.1) is 5.92 Å². The Balaban J connectivity index is 2.98. The van der Waals surface area contributed by atoms with Crippen molar-refractivity contribution in [1.82, 2.24) is 10.2 Å². The zero-order valence-electron chi connectivity index (χ0n) is 12.3. The van der Waals surface area contributed by atoms with E-state index in [1.165, 1.54) is 25.1 Å². The average Bonchev–Trinajstić information content (AvgIpc) is 2.43. The zero-order valence-corrected chi connectivity index (χ0v) is 13.0. The highest BCUT2D eigenvalue weighted by Gasteiger charge is 2.32. The second kappa shape index (κ2) is 7.00. The zero-order chi connectivity index (χ0) is 17.1. The molecule has 0 saturated carbocycles. The molecule has 0 saturated heterocycles. The monoisotopic (exact) mass is 336 g/mol. The van der Waals surface area contributed by atoms with E-state index in [0.29, 0.717) is 0 Å². The van der Waals surface area contributed by atoms with Crippen molar-refractivity contribution in [2.45, 2.75) is 13.1 Å². The number of hydrogen-bond acceptors (Lipinski definition) is 2. The van der Waals surface area contributed by atoms with Gasteiger partial charge in [-0.3, -0.25) is 9.59 Å². The van der Waals surface area contributed by atoms with Crippen LogP contribution in [0.5, 0.6) is 0 Å². The molecule has 0 aliphatic carbocycles. The minimum atomic E-state index is -4.59. The van der Waals surface area contributed by atoms with E-state index in [2.05, 4.69) is 5.32 Å². The van der Waals surface area contributed by atoms with Crippen molar-refractivity contribution in [1.29, 1.82) is 0 Å². The van der Waals surface area contributed by atoms with Gasteiger partial charge in [0.2, 0.25) is 5.91 Å². The average molecular weight is 337 g/mol. The summed E-state index contributed by atoms with van der Waals surface area (Å²) in [6.07, 6.45) is -4.59. The van der Waals surface area contributed by atoms with Crippen LogP contribution >= 0.6 is 11.6 Å². The third-order valence-corrected chi connectivity index (χ3v) is 3.28. The Labute approximate surface area is 131 Å². The third-order valence-electron chi connectivity index (χ3n) is 3.06. The van der Waals surface area contributed by atoms with Crippen LogP contribution in [0.15, 0.2) is 18.2 Å². The lowest BCUT2D eigenvalue weighted by Crippen LogP contribution is -2.37. The molecule has 0 unspecified atom stereocenters. The van der Waals surface area contributed by atoms with Gasteiger partial charge in [-0.05, 0) is 18.2 Å². The maximum atomic E-state index is 12.7. The Morgan fingerprint density at radius 2 is 1.91 bits per heavy atom. The van der Waals surface area contributed by atoms with Crippen molar-refractivity contribution in [2.24, 2.45) is 5.92 Å². The molecule has 1 aromatic rings. The van der Waals surface area contributed by atoms with E-state index in [1.54, 1.807) is 6.92 Å². The number of carbonyl (C=O) groups excluding carboxylic acids is 2. The molecular weight excluding hydrogens is 321 g/mol. The molecule has 0 fully saturated rings. The number of carbonyl (C=O) groups is 2. The van der Waals surface area contributed by atoms with Crippen molar-refractivity contribution in [3.8, 4) is 0 Å². The first-order chi connectivity index (χ1) is 10.1. The topological polar surface area (TPSA) is 49.4 Å². The van der Waals surface area contributed by atoms with Gasteiger partial charge in [0, 0.05) is 31.2 Å². The van der Waals surface area contributed by atoms with E-state index >= 15 is 0 Å². The standard InChI is InChI=1S/C14H16ClF3N2O2/c1-8(12(21)19-2)7-20(3)13(22)9-4-10(14(16,17)18)6-11(15)5-9/h4-6,8H,7H2,1-3H3,(H,19,21)/t8-/m1/s1. The lowest BCUT2D eigenvalue weighted by molar-refractivity contribution is -0.137. The van der Waals surface area contributed by atoms with Crippen LogP contribution in [0.2, 0.25) is 5.02 Å². The molecule has 1 rings (SSSR count).